The minimum absolute atomic E-state index is 0.402. The van der Waals surface area contributed by atoms with Crippen LogP contribution in [-0.4, -0.2) is 7.05 Å². The molecule has 2 rings (SSSR count). The van der Waals surface area contributed by atoms with Gasteiger partial charge in [-0.1, -0.05) is 45.0 Å². The highest BCUT2D eigenvalue weighted by atomic mass is 32.1. The summed E-state index contributed by atoms with van der Waals surface area (Å²) in [6, 6.07) is 14.0. The Morgan fingerprint density at radius 2 is 1.55 bits per heavy atom. The van der Waals surface area contributed by atoms with Crippen molar-refractivity contribution in [2.45, 2.75) is 45.6 Å². The highest BCUT2D eigenvalue weighted by molar-refractivity contribution is 7.11. The smallest absolute Gasteiger partial charge is 0.0366 e. The summed E-state index contributed by atoms with van der Waals surface area (Å²) in [7, 11) is 2.05. The van der Waals surface area contributed by atoms with E-state index in [1.54, 1.807) is 0 Å². The van der Waals surface area contributed by atoms with E-state index >= 15 is 0 Å². The van der Waals surface area contributed by atoms with Gasteiger partial charge >= 0.3 is 0 Å². The van der Waals surface area contributed by atoms with Crippen molar-refractivity contribution in [3.8, 4) is 0 Å². The molecule has 2 heteroatoms. The van der Waals surface area contributed by atoms with Crippen LogP contribution in [0.15, 0.2) is 36.4 Å². The van der Waals surface area contributed by atoms with Gasteiger partial charge in [-0.15, -0.1) is 11.3 Å². The zero-order chi connectivity index (χ0) is 14.5. The Morgan fingerprint density at radius 1 is 0.950 bits per heavy atom. The lowest BCUT2D eigenvalue weighted by Gasteiger charge is -2.17. The third-order valence-corrected chi connectivity index (χ3v) is 5.08. The van der Waals surface area contributed by atoms with E-state index in [1.807, 2.05) is 11.3 Å². The Balaban J connectivity index is 2.11. The third-order valence-electron chi connectivity index (χ3n) is 3.83. The van der Waals surface area contributed by atoms with Crippen LogP contribution >= 0.6 is 11.3 Å². The Morgan fingerprint density at radius 3 is 2.05 bits per heavy atom. The molecule has 0 aliphatic rings. The molecule has 1 aromatic carbocycles. The second-order valence-corrected chi connectivity index (χ2v) is 6.84. The summed E-state index contributed by atoms with van der Waals surface area (Å²) in [5.74, 6) is 0.599. The van der Waals surface area contributed by atoms with E-state index < -0.39 is 0 Å². The van der Waals surface area contributed by atoms with Crippen molar-refractivity contribution in [3.63, 3.8) is 0 Å². The van der Waals surface area contributed by atoms with Gasteiger partial charge in [-0.3, -0.25) is 0 Å². The first-order chi connectivity index (χ1) is 9.63. The first-order valence-corrected chi connectivity index (χ1v) is 8.30. The summed E-state index contributed by atoms with van der Waals surface area (Å²) in [4.78, 5) is 2.94. The predicted octanol–water partition coefficient (Wildman–Crippen LogP) is 4.94. The number of aryl methyl sites for hydroxylation is 1. The van der Waals surface area contributed by atoms with E-state index in [-0.39, 0.29) is 0 Å². The van der Waals surface area contributed by atoms with Gasteiger partial charge in [0.2, 0.25) is 0 Å². The fourth-order valence-corrected chi connectivity index (χ4v) is 3.43. The van der Waals surface area contributed by atoms with Crippen LogP contribution in [0.5, 0.6) is 0 Å². The largest absolute Gasteiger partial charge is 0.313 e. The van der Waals surface area contributed by atoms with Gasteiger partial charge in [0.1, 0.15) is 0 Å². The maximum atomic E-state index is 3.45. The van der Waals surface area contributed by atoms with Crippen LogP contribution in [0.2, 0.25) is 0 Å². The molecule has 0 aliphatic heterocycles. The average molecular weight is 287 g/mol. The van der Waals surface area contributed by atoms with Crippen molar-refractivity contribution < 1.29 is 0 Å². The van der Waals surface area contributed by atoms with Crippen LogP contribution in [0.4, 0.5) is 0 Å². The molecule has 0 saturated carbocycles. The zero-order valence-electron chi connectivity index (χ0n) is 12.9. The Labute approximate surface area is 127 Å². The highest BCUT2D eigenvalue weighted by Gasteiger charge is 2.12. The number of rotatable bonds is 6. The molecule has 1 atom stereocenters. The van der Waals surface area contributed by atoms with E-state index in [2.05, 4.69) is 69.5 Å². The topological polar surface area (TPSA) is 12.0 Å². The monoisotopic (exact) mass is 287 g/mol. The van der Waals surface area contributed by atoms with Crippen molar-refractivity contribution in [1.29, 1.82) is 0 Å². The predicted molar refractivity (Wildman–Crippen MR) is 89.7 cm³/mol. The lowest BCUT2D eigenvalue weighted by Crippen LogP contribution is -2.18. The highest BCUT2D eigenvalue weighted by Crippen LogP contribution is 2.25. The standard InChI is InChI=1S/C18H25NS/c1-5-16-10-11-17(20-16)12-18(19-4)15-8-6-14(7-9-15)13(2)3/h6-11,13,18-19H,5,12H2,1-4H3. The normalized spacial score (nSPS) is 12.8. The fraction of sp³-hybridized carbons (Fsp3) is 0.444. The van der Waals surface area contributed by atoms with Crippen molar-refractivity contribution in [2.75, 3.05) is 7.05 Å². The van der Waals surface area contributed by atoms with Gasteiger partial charge in [0.05, 0.1) is 0 Å². The molecule has 0 spiro atoms. The SMILES string of the molecule is CCc1ccc(CC(NC)c2ccc(C(C)C)cc2)s1. The molecule has 0 amide bonds. The number of benzene rings is 1. The van der Waals surface area contributed by atoms with Gasteiger partial charge in [-0.2, -0.15) is 0 Å². The Hall–Kier alpha value is -1.12. The minimum atomic E-state index is 0.402. The number of thiophene rings is 1. The third kappa shape index (κ3) is 3.71. The first kappa shape index (κ1) is 15.3. The van der Waals surface area contributed by atoms with Crippen LogP contribution in [0.1, 0.15) is 53.6 Å². The van der Waals surface area contributed by atoms with Gasteiger partial charge in [0.25, 0.3) is 0 Å². The molecule has 1 aromatic heterocycles. The lowest BCUT2D eigenvalue weighted by molar-refractivity contribution is 0.596. The Kier molecular flexibility index (Phi) is 5.38. The molecule has 1 nitrogen and oxygen atoms in total. The molecule has 0 radical (unpaired) electrons. The van der Waals surface area contributed by atoms with E-state index in [9.17, 15) is 0 Å². The average Bonchev–Trinajstić information content (AvgIpc) is 2.92. The van der Waals surface area contributed by atoms with Gasteiger partial charge < -0.3 is 5.32 Å². The molecule has 1 heterocycles. The van der Waals surface area contributed by atoms with Crippen molar-refractivity contribution in [3.05, 3.63) is 57.3 Å². The summed E-state index contributed by atoms with van der Waals surface area (Å²) < 4.78 is 0. The molecular weight excluding hydrogens is 262 g/mol. The minimum Gasteiger partial charge on any atom is -0.313 e. The van der Waals surface area contributed by atoms with Gasteiger partial charge in [0, 0.05) is 22.2 Å². The number of hydrogen-bond donors (Lipinski definition) is 1. The molecule has 1 unspecified atom stereocenters. The van der Waals surface area contributed by atoms with Crippen LogP contribution in [0, 0.1) is 0 Å². The molecule has 108 valence electrons. The van der Waals surface area contributed by atoms with Crippen LogP contribution < -0.4 is 5.32 Å². The van der Waals surface area contributed by atoms with Gasteiger partial charge in [0.15, 0.2) is 0 Å². The quantitative estimate of drug-likeness (QED) is 0.793. The van der Waals surface area contributed by atoms with E-state index in [4.69, 9.17) is 0 Å². The van der Waals surface area contributed by atoms with Crippen molar-refractivity contribution in [2.24, 2.45) is 0 Å². The maximum Gasteiger partial charge on any atom is 0.0366 e. The summed E-state index contributed by atoms with van der Waals surface area (Å²) in [6.45, 7) is 6.70. The second kappa shape index (κ2) is 7.05. The van der Waals surface area contributed by atoms with Gasteiger partial charge in [-0.25, -0.2) is 0 Å². The van der Waals surface area contributed by atoms with E-state index in [1.165, 1.54) is 20.9 Å². The summed E-state index contributed by atoms with van der Waals surface area (Å²) >= 11 is 1.94. The summed E-state index contributed by atoms with van der Waals surface area (Å²) in [5, 5.41) is 3.45. The molecule has 0 aliphatic carbocycles. The summed E-state index contributed by atoms with van der Waals surface area (Å²) in [5.41, 5.74) is 2.79. The number of hydrogen-bond acceptors (Lipinski definition) is 2. The van der Waals surface area contributed by atoms with Crippen LogP contribution in [-0.2, 0) is 12.8 Å². The van der Waals surface area contributed by atoms with Crippen molar-refractivity contribution >= 4 is 11.3 Å². The van der Waals surface area contributed by atoms with Crippen LogP contribution in [0.3, 0.4) is 0 Å². The molecular formula is C18H25NS. The molecule has 20 heavy (non-hydrogen) atoms. The Bertz CT molecular complexity index is 525. The number of likely N-dealkylation sites (N-methyl/N-ethyl adjacent to an activating group) is 1. The molecule has 1 N–H and O–H groups in total. The number of nitrogens with one attached hydrogen (secondary N) is 1. The molecule has 2 aromatic rings. The first-order valence-electron chi connectivity index (χ1n) is 7.48. The lowest BCUT2D eigenvalue weighted by atomic mass is 9.97. The maximum absolute atomic E-state index is 3.45. The summed E-state index contributed by atoms with van der Waals surface area (Å²) in [6.07, 6.45) is 2.21. The zero-order valence-corrected chi connectivity index (χ0v) is 13.8. The molecule has 0 fully saturated rings. The molecule has 0 bridgehead atoms. The fourth-order valence-electron chi connectivity index (χ4n) is 2.42. The van der Waals surface area contributed by atoms with Crippen molar-refractivity contribution in [1.82, 2.24) is 5.32 Å². The van der Waals surface area contributed by atoms with E-state index in [0.29, 0.717) is 12.0 Å². The second-order valence-electron chi connectivity index (χ2n) is 5.59. The molecule has 0 saturated heterocycles. The van der Waals surface area contributed by atoms with Gasteiger partial charge in [-0.05, 0) is 42.6 Å². The van der Waals surface area contributed by atoms with Crippen LogP contribution in [0.25, 0.3) is 0 Å². The van der Waals surface area contributed by atoms with E-state index in [0.717, 1.165) is 12.8 Å².